The molecule has 0 fully saturated rings. The summed E-state index contributed by atoms with van der Waals surface area (Å²) in [6.45, 7) is 0.0212. The Hall–Kier alpha value is -3.67. The Morgan fingerprint density at radius 1 is 1.23 bits per heavy atom. The first-order valence-electron chi connectivity index (χ1n) is 12.0. The summed E-state index contributed by atoms with van der Waals surface area (Å²) in [7, 11) is 4.40. The number of nitrogens with zero attached hydrogens (tertiary/aromatic N) is 7. The van der Waals surface area contributed by atoms with Crippen LogP contribution in [-0.2, 0) is 24.6 Å². The number of amides is 1. The van der Waals surface area contributed by atoms with Crippen molar-refractivity contribution in [3.05, 3.63) is 80.1 Å². The van der Waals surface area contributed by atoms with Crippen LogP contribution in [0, 0.1) is 10.1 Å². The number of carbonyl (C=O) groups excluding carboxylic acids is 1. The molecule has 0 saturated heterocycles. The molecule has 0 radical (unpaired) electrons. The van der Waals surface area contributed by atoms with Gasteiger partial charge in [-0.3, -0.25) is 9.36 Å². The van der Waals surface area contributed by atoms with Crippen LogP contribution < -0.4 is 27.6 Å². The summed E-state index contributed by atoms with van der Waals surface area (Å²) in [5.41, 5.74) is 1.02. The fourth-order valence-corrected chi connectivity index (χ4v) is 4.44. The fraction of sp³-hybridized carbons (Fsp3) is 0.240. The van der Waals surface area contributed by atoms with Crippen LogP contribution in [0.25, 0.3) is 10.9 Å². The van der Waals surface area contributed by atoms with Gasteiger partial charge in [-0.25, -0.2) is 15.0 Å². The third kappa shape index (κ3) is 8.25. The zero-order valence-electron chi connectivity index (χ0n) is 22.7. The van der Waals surface area contributed by atoms with Crippen LogP contribution in [0.1, 0.15) is 11.5 Å². The van der Waals surface area contributed by atoms with Gasteiger partial charge in [0.2, 0.25) is 5.91 Å². The summed E-state index contributed by atoms with van der Waals surface area (Å²) < 4.78 is 41.2. The van der Waals surface area contributed by atoms with Crippen LogP contribution >= 0.6 is 27.5 Å². The van der Waals surface area contributed by atoms with Crippen molar-refractivity contribution in [2.24, 2.45) is 7.05 Å². The van der Waals surface area contributed by atoms with Gasteiger partial charge in [0.25, 0.3) is 0 Å². The zero-order chi connectivity index (χ0) is 30.8. The highest BCUT2D eigenvalue weighted by atomic mass is 79.9. The van der Waals surface area contributed by atoms with E-state index >= 15 is 0 Å². The smallest absolute Gasteiger partial charge is 0.475 e. The molecule has 0 spiro atoms. The van der Waals surface area contributed by atoms with E-state index in [1.165, 1.54) is 24.7 Å². The van der Waals surface area contributed by atoms with Crippen molar-refractivity contribution in [1.29, 1.82) is 0 Å². The average Bonchev–Trinajstić information content (AvgIpc) is 3.22. The number of pyridine rings is 1. The third-order valence-corrected chi connectivity index (χ3v) is 7.25. The minimum absolute atomic E-state index is 0. The second-order valence-electron chi connectivity index (χ2n) is 9.75. The highest BCUT2D eigenvalue weighted by Crippen LogP contribution is 2.33. The lowest BCUT2D eigenvalue weighted by Crippen LogP contribution is -3.00. The Bertz CT molecular complexity index is 1710. The molecule has 3 aromatic heterocycles. The van der Waals surface area contributed by atoms with Crippen molar-refractivity contribution in [2.75, 3.05) is 31.3 Å². The maximum atomic E-state index is 13.3. The molecule has 3 heterocycles. The van der Waals surface area contributed by atoms with E-state index in [0.717, 1.165) is 11.5 Å². The first-order valence-corrected chi connectivity index (χ1v) is 13.2. The van der Waals surface area contributed by atoms with E-state index in [1.54, 1.807) is 38.4 Å². The predicted octanol–water partition coefficient (Wildman–Crippen LogP) is 2.62. The molecule has 4 rings (SSSR count). The van der Waals surface area contributed by atoms with E-state index in [9.17, 15) is 28.1 Å². The van der Waals surface area contributed by atoms with Gasteiger partial charge in [0.1, 0.15) is 24.5 Å². The molecule has 4 aromatic rings. The van der Waals surface area contributed by atoms with Gasteiger partial charge in [-0.2, -0.15) is 13.2 Å². The summed E-state index contributed by atoms with van der Waals surface area (Å²) >= 11 is 9.52. The number of rotatable bonds is 9. The van der Waals surface area contributed by atoms with Crippen LogP contribution in [0.3, 0.4) is 0 Å². The van der Waals surface area contributed by atoms with Crippen LogP contribution in [0.5, 0.6) is 0 Å². The van der Waals surface area contributed by atoms with Gasteiger partial charge in [0.05, 0.1) is 37.4 Å². The number of alkyl halides is 3. The maximum Gasteiger partial charge on any atom is 0.475 e. The predicted molar refractivity (Wildman–Crippen MR) is 153 cm³/mol. The number of nitrogens with one attached hydrogen (secondary N) is 2. The van der Waals surface area contributed by atoms with E-state index in [4.69, 9.17) is 11.6 Å². The van der Waals surface area contributed by atoms with Gasteiger partial charge in [-0.1, -0.05) is 11.6 Å². The van der Waals surface area contributed by atoms with E-state index < -0.39 is 28.6 Å². The molecule has 43 heavy (non-hydrogen) atoms. The molecule has 12 nitrogen and oxygen atoms in total. The number of carbonyl (C=O) groups is 1. The fourth-order valence-electron chi connectivity index (χ4n) is 4.01. The summed E-state index contributed by atoms with van der Waals surface area (Å²) in [5.74, 6) is -2.04. The van der Waals surface area contributed by atoms with Crippen molar-refractivity contribution >= 4 is 67.5 Å². The highest BCUT2D eigenvalue weighted by molar-refractivity contribution is 9.10. The van der Waals surface area contributed by atoms with Gasteiger partial charge >= 0.3 is 17.8 Å². The second kappa shape index (κ2) is 13.3. The molecule has 0 aliphatic heterocycles. The Labute approximate surface area is 266 Å². The number of aromatic nitrogens is 5. The second-order valence-corrected chi connectivity index (χ2v) is 11.0. The number of quaternary nitrogens is 1. The number of fused-ring (bicyclic) bond motifs is 1. The SMILES string of the molecule is Cn1c(C(F)(F)F)nc([N+](=O)[O-])c1C[N+](C)(C)C/C=C/C(=O)Nc1cc2c(Nc3ccc(Br)c(Cl)c3)ncnc2cn1.[Br-]. The number of halogens is 6. The summed E-state index contributed by atoms with van der Waals surface area (Å²) in [5, 5.41) is 18.3. The van der Waals surface area contributed by atoms with Crippen molar-refractivity contribution in [1.82, 2.24) is 24.5 Å². The monoisotopic (exact) mass is 747 g/mol. The zero-order valence-corrected chi connectivity index (χ0v) is 26.6. The molecule has 228 valence electrons. The maximum absolute atomic E-state index is 13.3. The normalized spacial score (nSPS) is 11.9. The molecule has 0 aliphatic carbocycles. The molecular formula is C25H23Br2ClF3N9O3. The number of nitro groups is 1. The van der Waals surface area contributed by atoms with Gasteiger partial charge in [-0.05, 0) is 56.2 Å². The summed E-state index contributed by atoms with van der Waals surface area (Å²) in [4.78, 5) is 38.9. The van der Waals surface area contributed by atoms with Gasteiger partial charge in [-0.15, -0.1) is 0 Å². The van der Waals surface area contributed by atoms with Gasteiger partial charge < -0.3 is 42.2 Å². The minimum atomic E-state index is -4.85. The van der Waals surface area contributed by atoms with Gasteiger partial charge in [0, 0.05) is 28.7 Å². The molecular weight excluding hydrogens is 727 g/mol. The lowest BCUT2D eigenvalue weighted by atomic mass is 10.2. The van der Waals surface area contributed by atoms with E-state index in [-0.39, 0.29) is 46.1 Å². The number of imidazole rings is 1. The molecule has 0 saturated carbocycles. The molecule has 18 heteroatoms. The van der Waals surface area contributed by atoms with Gasteiger partial charge in [0.15, 0.2) is 5.69 Å². The number of anilines is 3. The first-order chi connectivity index (χ1) is 19.6. The molecule has 2 N–H and O–H groups in total. The average molecular weight is 750 g/mol. The molecule has 1 amide bonds. The molecule has 0 bridgehead atoms. The van der Waals surface area contributed by atoms with E-state index in [2.05, 4.69) is 46.5 Å². The highest BCUT2D eigenvalue weighted by Gasteiger charge is 2.45. The molecule has 1 aromatic carbocycles. The minimum Gasteiger partial charge on any atom is -1.00 e. The number of hydrogen-bond acceptors (Lipinski definition) is 8. The first kappa shape index (κ1) is 33.8. The number of hydrogen-bond donors (Lipinski definition) is 2. The van der Waals surface area contributed by atoms with Crippen molar-refractivity contribution < 1.29 is 44.4 Å². The van der Waals surface area contributed by atoms with Crippen LogP contribution in [-0.4, -0.2) is 60.5 Å². The van der Waals surface area contributed by atoms with Crippen molar-refractivity contribution in [3.8, 4) is 0 Å². The summed E-state index contributed by atoms with van der Waals surface area (Å²) in [6, 6.07) is 6.91. The number of benzene rings is 1. The van der Waals surface area contributed by atoms with Crippen LogP contribution in [0.2, 0.25) is 5.02 Å². The van der Waals surface area contributed by atoms with Crippen LogP contribution in [0.15, 0.2) is 53.4 Å². The third-order valence-electron chi connectivity index (χ3n) is 6.02. The topological polar surface area (TPSA) is 141 Å². The molecule has 0 atom stereocenters. The largest absolute Gasteiger partial charge is 1.00 e. The van der Waals surface area contributed by atoms with E-state index in [1.807, 2.05) is 0 Å². The lowest BCUT2D eigenvalue weighted by Gasteiger charge is -2.28. The van der Waals surface area contributed by atoms with Crippen LogP contribution in [0.4, 0.5) is 36.3 Å². The standard InChI is InChI=1S/C25H22BrClF3N9O3.BrH/c1-37-19(23(38(41)42)36-24(37)25(28,29)30)12-39(2,3)8-4-5-21(40)35-20-10-15-18(11-31-20)32-13-33-22(15)34-14-6-7-16(26)17(27)9-14;/h4-7,9-11,13H,8,12H2,1-3H3,(H-,31,32,33,34,35,40);1H/b5-4+;. The molecule has 0 aliphatic rings. The number of likely N-dealkylation sites (N-methyl/N-ethyl adjacent to an activating group) is 1. The Morgan fingerprint density at radius 3 is 2.60 bits per heavy atom. The quantitative estimate of drug-likeness (QED) is 0.115. The summed E-state index contributed by atoms with van der Waals surface area (Å²) in [6.07, 6.45) is 0.759. The van der Waals surface area contributed by atoms with Crippen molar-refractivity contribution in [3.63, 3.8) is 0 Å². The van der Waals surface area contributed by atoms with E-state index in [0.29, 0.717) is 32.0 Å². The Balaban J connectivity index is 0.00000506. The lowest BCUT2D eigenvalue weighted by molar-refractivity contribution is -0.898. The Kier molecular flexibility index (Phi) is 10.5. The van der Waals surface area contributed by atoms with Crippen molar-refractivity contribution in [2.45, 2.75) is 12.7 Å². The molecule has 0 unspecified atom stereocenters. The Morgan fingerprint density at radius 2 is 1.95 bits per heavy atom.